The van der Waals surface area contributed by atoms with E-state index in [2.05, 4.69) is 114 Å². The van der Waals surface area contributed by atoms with Gasteiger partial charge in [-0.15, -0.1) is 0 Å². The van der Waals surface area contributed by atoms with Crippen molar-refractivity contribution in [1.82, 2.24) is 39.4 Å². The summed E-state index contributed by atoms with van der Waals surface area (Å²) in [5.74, 6) is -0.641. The van der Waals surface area contributed by atoms with Crippen molar-refractivity contribution in [2.75, 3.05) is 64.8 Å². The lowest BCUT2D eigenvalue weighted by Gasteiger charge is -2.44. The monoisotopic (exact) mass is 859 g/mol. The van der Waals surface area contributed by atoms with E-state index >= 15 is 0 Å². The van der Waals surface area contributed by atoms with Gasteiger partial charge in [0.05, 0.1) is 26.1 Å². The summed E-state index contributed by atoms with van der Waals surface area (Å²) in [6.07, 6.45) is -0.684. The number of anilines is 1. The van der Waals surface area contributed by atoms with Gasteiger partial charge in [0.2, 0.25) is 5.91 Å². The molecule has 0 aliphatic carbocycles. The maximum atomic E-state index is 13.0. The molecule has 0 bridgehead atoms. The summed E-state index contributed by atoms with van der Waals surface area (Å²) in [6.45, 7) is 32.4. The molecule has 2 aliphatic rings. The van der Waals surface area contributed by atoms with E-state index < -0.39 is 64.0 Å². The average Bonchev–Trinajstić information content (AvgIpc) is 3.69. The minimum absolute atomic E-state index is 0.0627. The van der Waals surface area contributed by atoms with Crippen LogP contribution in [0.3, 0.4) is 0 Å². The molecule has 4 heterocycles. The number of carbonyl (C=O) groups is 2. The largest absolute Gasteiger partial charge is 0.408 e. The predicted octanol–water partition coefficient (Wildman–Crippen LogP) is 4.24. The quantitative estimate of drug-likeness (QED) is 0.214. The molecule has 4 rings (SSSR count). The number of rotatable bonds is 15. The van der Waals surface area contributed by atoms with Crippen molar-refractivity contribution in [3.63, 3.8) is 0 Å². The number of hydrogen-bond donors (Lipinski definition) is 3. The van der Waals surface area contributed by atoms with Gasteiger partial charge in [-0.05, 0) is 55.9 Å². The van der Waals surface area contributed by atoms with Crippen LogP contribution in [0.5, 0.6) is 0 Å². The fourth-order valence-electron chi connectivity index (χ4n) is 5.63. The third-order valence-corrected chi connectivity index (χ3v) is 21.2. The fraction of sp³-hybridized carbons (Fsp3) is 0.806. The van der Waals surface area contributed by atoms with Crippen LogP contribution >= 0.6 is 0 Å². The number of morpholine rings is 1. The van der Waals surface area contributed by atoms with Gasteiger partial charge >= 0.3 is 16.3 Å². The fourth-order valence-corrected chi connectivity index (χ4v) is 8.99. The lowest BCUT2D eigenvalue weighted by Crippen LogP contribution is -2.54. The average molecular weight is 860 g/mol. The summed E-state index contributed by atoms with van der Waals surface area (Å²) in [4.78, 5) is 41.7. The first-order valence-electron chi connectivity index (χ1n) is 19.8. The van der Waals surface area contributed by atoms with Gasteiger partial charge in [-0.25, -0.2) is 24.5 Å². The van der Waals surface area contributed by atoms with Crippen LogP contribution in [0.15, 0.2) is 12.7 Å². The van der Waals surface area contributed by atoms with Crippen molar-refractivity contribution in [3.05, 3.63) is 12.7 Å². The number of imidazole rings is 1. The molecule has 2 aromatic rings. The zero-order valence-electron chi connectivity index (χ0n) is 36.4. The Labute approximate surface area is 341 Å². The van der Waals surface area contributed by atoms with Gasteiger partial charge in [0, 0.05) is 26.1 Å². The Morgan fingerprint density at radius 3 is 2.02 bits per heavy atom. The van der Waals surface area contributed by atoms with Crippen LogP contribution in [0.25, 0.3) is 11.2 Å². The number of nitrogen functional groups attached to an aromatic ring is 1. The maximum Gasteiger partial charge on any atom is 0.362 e. The third-order valence-electron chi connectivity index (χ3n) is 11.3. The second-order valence-corrected chi connectivity index (χ2v) is 28.2. The highest BCUT2D eigenvalue weighted by Crippen LogP contribution is 2.46. The van der Waals surface area contributed by atoms with Crippen molar-refractivity contribution in [1.29, 1.82) is 0 Å². The molecule has 2 fully saturated rings. The lowest BCUT2D eigenvalue weighted by molar-refractivity contribution is -0.119. The van der Waals surface area contributed by atoms with Crippen molar-refractivity contribution in [2.45, 2.75) is 130 Å². The van der Waals surface area contributed by atoms with Gasteiger partial charge < -0.3 is 39.2 Å². The topological polar surface area (TPSA) is 215 Å². The molecule has 3 amide bonds. The maximum absolute atomic E-state index is 13.0. The van der Waals surface area contributed by atoms with Crippen LogP contribution < -0.4 is 15.8 Å². The Balaban J connectivity index is 0.00000113. The second kappa shape index (κ2) is 20.0. The smallest absolute Gasteiger partial charge is 0.362 e. The first-order valence-corrected chi connectivity index (χ1v) is 27.1. The molecular formula is C36H69N9O9SSi2. The van der Waals surface area contributed by atoms with Gasteiger partial charge in [-0.1, -0.05) is 62.3 Å². The van der Waals surface area contributed by atoms with Crippen molar-refractivity contribution in [3.8, 4) is 0 Å². The Bertz CT molecular complexity index is 1720. The Morgan fingerprint density at radius 2 is 1.49 bits per heavy atom. The van der Waals surface area contributed by atoms with Crippen LogP contribution in [0, 0.1) is 0 Å². The third kappa shape index (κ3) is 13.1. The number of carbonyl (C=O) groups excluding carboxylic acids is 2. The second-order valence-electron chi connectivity index (χ2n) is 17.3. The van der Waals surface area contributed by atoms with Gasteiger partial charge in [-0.3, -0.25) is 13.5 Å². The molecule has 57 heavy (non-hydrogen) atoms. The highest BCUT2D eigenvalue weighted by molar-refractivity contribution is 7.85. The minimum Gasteiger partial charge on any atom is -0.408 e. The number of nitrogens with two attached hydrogens (primary N) is 1. The molecule has 4 atom stereocenters. The molecule has 18 nitrogen and oxygen atoms in total. The molecule has 2 aromatic heterocycles. The van der Waals surface area contributed by atoms with Gasteiger partial charge in [0.15, 0.2) is 34.3 Å². The zero-order valence-corrected chi connectivity index (χ0v) is 39.2. The van der Waals surface area contributed by atoms with Crippen molar-refractivity contribution in [2.24, 2.45) is 0 Å². The van der Waals surface area contributed by atoms with E-state index in [4.69, 9.17) is 28.2 Å². The molecule has 4 N–H and O–H groups in total. The molecule has 0 aromatic carbocycles. The molecule has 0 radical (unpaired) electrons. The molecule has 0 unspecified atom stereocenters. The number of nitrogens with one attached hydrogen (secondary N) is 2. The first-order chi connectivity index (χ1) is 26.4. The summed E-state index contributed by atoms with van der Waals surface area (Å²) in [7, 11) is -9.60. The normalized spacial score (nSPS) is 21.1. The molecule has 0 saturated carbocycles. The molecule has 21 heteroatoms. The van der Waals surface area contributed by atoms with Crippen molar-refractivity contribution >= 4 is 55.9 Å². The SMILES string of the molecule is CC(C)(C)[Si](C)(C)O[C@@H]1[C@H](O[Si](C)(C)C(C)(C)C)[C@@H](COS(=O)(=O)NC(=O)CCNC(=O)N2CCOCC2)O[C@H]1n1cnc2c(N)ncnc21.CCN(CC)CC. The Kier molecular flexibility index (Phi) is 17.0. The van der Waals surface area contributed by atoms with Crippen LogP contribution in [0.1, 0.15) is 75.0 Å². The summed E-state index contributed by atoms with van der Waals surface area (Å²) < 4.78 is 61.0. The number of ether oxygens (including phenoxy) is 2. The number of hydrogen-bond acceptors (Lipinski definition) is 14. The predicted molar refractivity (Wildman–Crippen MR) is 225 cm³/mol. The van der Waals surface area contributed by atoms with E-state index in [-0.39, 0.29) is 34.9 Å². The van der Waals surface area contributed by atoms with Crippen LogP contribution in [-0.4, -0.2) is 144 Å². The standard InChI is InChI=1S/C30H54N8O9SSi2.C6H15N/c1-29(2,3)49(7,8)46-23-20(17-44-48(41,42)36-21(39)11-12-32-28(40)37-13-15-43-16-14-37)45-27(24(23)47-50(9,10)30(4,5)6)38-19-35-22-25(31)33-18-34-26(22)38;1-4-7(5-2)6-3/h18-20,23-24,27H,11-17H2,1-10H3,(H,32,40)(H,36,39)(H2,31,33,34);4-6H2,1-3H3/t20-,23-,24-,27-;/m1./s1. The van der Waals surface area contributed by atoms with E-state index in [0.717, 1.165) is 0 Å². The van der Waals surface area contributed by atoms with E-state index in [1.807, 2.05) is 4.72 Å². The molecular weight excluding hydrogens is 791 g/mol. The van der Waals surface area contributed by atoms with Crippen LogP contribution in [0.2, 0.25) is 36.3 Å². The Morgan fingerprint density at radius 1 is 0.930 bits per heavy atom. The lowest BCUT2D eigenvalue weighted by atomic mass is 10.1. The summed E-state index contributed by atoms with van der Waals surface area (Å²) in [5, 5.41) is 2.22. The van der Waals surface area contributed by atoms with Crippen LogP contribution in [-0.2, 0) is 37.6 Å². The molecule has 2 aliphatic heterocycles. The van der Waals surface area contributed by atoms with E-state index in [1.165, 1.54) is 26.0 Å². The van der Waals surface area contributed by atoms with Gasteiger partial charge in [0.1, 0.15) is 30.2 Å². The molecule has 2 saturated heterocycles. The van der Waals surface area contributed by atoms with E-state index in [1.54, 1.807) is 15.8 Å². The summed E-state index contributed by atoms with van der Waals surface area (Å²) in [5.41, 5.74) is 6.90. The van der Waals surface area contributed by atoms with Crippen LogP contribution in [0.4, 0.5) is 10.6 Å². The minimum atomic E-state index is -4.57. The number of aromatic nitrogens is 4. The zero-order chi connectivity index (χ0) is 43.0. The number of urea groups is 1. The highest BCUT2D eigenvalue weighted by Gasteiger charge is 2.55. The van der Waals surface area contributed by atoms with Crippen molar-refractivity contribution < 1.29 is 40.5 Å². The number of amides is 3. The van der Waals surface area contributed by atoms with E-state index in [0.29, 0.717) is 37.5 Å². The van der Waals surface area contributed by atoms with Gasteiger partial charge in [-0.2, -0.15) is 8.42 Å². The molecule has 0 spiro atoms. The van der Waals surface area contributed by atoms with Gasteiger partial charge in [0.25, 0.3) is 0 Å². The number of fused-ring (bicyclic) bond motifs is 1. The molecule has 326 valence electrons. The van der Waals surface area contributed by atoms with E-state index in [9.17, 15) is 18.0 Å². The Hall–Kier alpha value is -2.77. The summed E-state index contributed by atoms with van der Waals surface area (Å²) in [6, 6.07) is -0.352. The summed E-state index contributed by atoms with van der Waals surface area (Å²) >= 11 is 0. The first kappa shape index (κ1) is 48.6. The highest BCUT2D eigenvalue weighted by atomic mass is 32.2. The number of nitrogens with zero attached hydrogens (tertiary/aromatic N) is 6.